The molecule has 1 fully saturated rings. The summed E-state index contributed by atoms with van der Waals surface area (Å²) in [5, 5.41) is 25.5. The summed E-state index contributed by atoms with van der Waals surface area (Å²) in [6.45, 7) is 5.22. The smallest absolute Gasteiger partial charge is 0.303 e. The fourth-order valence-corrected chi connectivity index (χ4v) is 6.85. The van der Waals surface area contributed by atoms with Crippen molar-refractivity contribution in [3.05, 3.63) is 125 Å². The molecule has 6 rings (SSSR count). The van der Waals surface area contributed by atoms with E-state index in [0.717, 1.165) is 39.1 Å². The second-order valence-corrected chi connectivity index (χ2v) is 13.1. The number of aliphatic hydroxyl groups is 1. The van der Waals surface area contributed by atoms with E-state index in [2.05, 4.69) is 27.8 Å². The number of carbonyl (C=O) groups is 2. The molecule has 5 aromatic rings. The number of nitrogens with one attached hydrogen (secondary N) is 1. The Hall–Kier alpha value is -4.88. The maximum atomic E-state index is 12.3. The number of benzene rings is 4. The standard InChI is InChI=1S/C38H39N5O6S/c1-24-34(23-50-38-40-41-42-43(38)33-10-5-4-6-11-33)48-37(49-35(24)30-14-12-27(22-44)13-15-30)31-18-16-29(17-19-31)32-9-7-8-28(20-32)21-39-36(46)25(2)47-26(3)45/h4-20,24-25,34-35,37,44H,21-23H2,1-3H3,(H,39,46). The van der Waals surface area contributed by atoms with Crippen molar-refractivity contribution in [1.29, 1.82) is 0 Å². The number of hydrogen-bond donors (Lipinski definition) is 2. The molecule has 1 aliphatic heterocycles. The Labute approximate surface area is 295 Å². The molecule has 4 aromatic carbocycles. The van der Waals surface area contributed by atoms with E-state index >= 15 is 0 Å². The Balaban J connectivity index is 1.18. The van der Waals surface area contributed by atoms with Gasteiger partial charge in [0, 0.05) is 30.7 Å². The maximum absolute atomic E-state index is 12.3. The van der Waals surface area contributed by atoms with E-state index in [9.17, 15) is 14.7 Å². The van der Waals surface area contributed by atoms with Crippen LogP contribution in [0.2, 0.25) is 0 Å². The molecule has 2 N–H and O–H groups in total. The molecule has 1 amide bonds. The average molecular weight is 694 g/mol. The monoisotopic (exact) mass is 693 g/mol. The van der Waals surface area contributed by atoms with Crippen LogP contribution >= 0.6 is 11.8 Å². The van der Waals surface area contributed by atoms with E-state index in [-0.39, 0.29) is 30.6 Å². The van der Waals surface area contributed by atoms with E-state index in [1.54, 1.807) is 11.6 Å². The zero-order valence-electron chi connectivity index (χ0n) is 28.0. The van der Waals surface area contributed by atoms with Gasteiger partial charge in [-0.15, -0.1) is 5.10 Å². The van der Waals surface area contributed by atoms with Crippen molar-refractivity contribution < 1.29 is 28.9 Å². The molecular weight excluding hydrogens is 655 g/mol. The van der Waals surface area contributed by atoms with Crippen molar-refractivity contribution in [2.45, 2.75) is 63.7 Å². The molecule has 0 aliphatic carbocycles. The molecule has 5 unspecified atom stereocenters. The van der Waals surface area contributed by atoms with Gasteiger partial charge in [0.05, 0.1) is 24.5 Å². The molecule has 5 atom stereocenters. The number of para-hydroxylation sites is 1. The summed E-state index contributed by atoms with van der Waals surface area (Å²) in [7, 11) is 0. The highest BCUT2D eigenvalue weighted by molar-refractivity contribution is 7.99. The summed E-state index contributed by atoms with van der Waals surface area (Å²) in [5.74, 6) is -0.258. The summed E-state index contributed by atoms with van der Waals surface area (Å²) in [6, 6.07) is 33.6. The summed E-state index contributed by atoms with van der Waals surface area (Å²) in [4.78, 5) is 23.5. The van der Waals surface area contributed by atoms with E-state index < -0.39 is 18.4 Å². The summed E-state index contributed by atoms with van der Waals surface area (Å²) >= 11 is 1.54. The maximum Gasteiger partial charge on any atom is 0.303 e. The number of ether oxygens (including phenoxy) is 3. The Morgan fingerprint density at radius 3 is 2.38 bits per heavy atom. The molecule has 0 radical (unpaired) electrons. The van der Waals surface area contributed by atoms with Crippen LogP contribution in [0.15, 0.2) is 108 Å². The van der Waals surface area contributed by atoms with Gasteiger partial charge in [-0.05, 0) is 63.4 Å². The molecule has 0 bridgehead atoms. The van der Waals surface area contributed by atoms with Crippen molar-refractivity contribution in [2.24, 2.45) is 5.92 Å². The summed E-state index contributed by atoms with van der Waals surface area (Å²) in [6.07, 6.45) is -1.94. The number of esters is 1. The van der Waals surface area contributed by atoms with Gasteiger partial charge < -0.3 is 24.6 Å². The molecule has 2 heterocycles. The molecule has 0 saturated carbocycles. The van der Waals surface area contributed by atoms with Crippen molar-refractivity contribution in [1.82, 2.24) is 25.5 Å². The number of carbonyl (C=O) groups excluding carboxylic acids is 2. The zero-order valence-corrected chi connectivity index (χ0v) is 28.8. The quantitative estimate of drug-likeness (QED) is 0.119. The van der Waals surface area contributed by atoms with Crippen LogP contribution in [0.4, 0.5) is 0 Å². The lowest BCUT2D eigenvalue weighted by Crippen LogP contribution is -2.38. The predicted molar refractivity (Wildman–Crippen MR) is 188 cm³/mol. The molecule has 1 saturated heterocycles. The fraction of sp³-hybridized carbons (Fsp3) is 0.289. The topological polar surface area (TPSA) is 138 Å². The molecular formula is C38H39N5O6S. The van der Waals surface area contributed by atoms with Crippen LogP contribution in [0, 0.1) is 5.92 Å². The number of tetrazole rings is 1. The minimum absolute atomic E-state index is 0.000651. The van der Waals surface area contributed by atoms with E-state index in [1.807, 2.05) is 103 Å². The van der Waals surface area contributed by atoms with Crippen LogP contribution in [0.1, 0.15) is 55.4 Å². The van der Waals surface area contributed by atoms with Crippen LogP contribution in [-0.2, 0) is 37.0 Å². The third-order valence-corrected chi connectivity index (χ3v) is 9.57. The highest BCUT2D eigenvalue weighted by Crippen LogP contribution is 2.43. The third-order valence-electron chi connectivity index (χ3n) is 8.56. The number of aromatic nitrogens is 4. The van der Waals surface area contributed by atoms with Crippen molar-refractivity contribution in [3.8, 4) is 16.8 Å². The number of hydrogen-bond acceptors (Lipinski definition) is 10. The van der Waals surface area contributed by atoms with Gasteiger partial charge in [-0.1, -0.05) is 104 Å². The largest absolute Gasteiger partial charge is 0.453 e. The zero-order chi connectivity index (χ0) is 35.0. The van der Waals surface area contributed by atoms with Crippen molar-refractivity contribution in [3.63, 3.8) is 0 Å². The molecule has 50 heavy (non-hydrogen) atoms. The molecule has 1 aliphatic rings. The second-order valence-electron chi connectivity index (χ2n) is 12.1. The SMILES string of the molecule is CC(=O)OC(C)C(=O)NCc1cccc(-c2ccc(C3OC(CSc4nnnn4-c4ccccc4)C(C)C(c4ccc(CO)cc4)O3)cc2)c1. The average Bonchev–Trinajstić information content (AvgIpc) is 3.62. The minimum atomic E-state index is -0.861. The van der Waals surface area contributed by atoms with Gasteiger partial charge in [-0.2, -0.15) is 4.68 Å². The van der Waals surface area contributed by atoms with Crippen LogP contribution < -0.4 is 5.32 Å². The molecule has 0 spiro atoms. The Bertz CT molecular complexity index is 1890. The highest BCUT2D eigenvalue weighted by Gasteiger charge is 2.38. The number of nitrogens with zero attached hydrogens (tertiary/aromatic N) is 4. The minimum Gasteiger partial charge on any atom is -0.453 e. The number of amides is 1. The van der Waals surface area contributed by atoms with Gasteiger partial charge in [0.2, 0.25) is 5.16 Å². The van der Waals surface area contributed by atoms with Gasteiger partial charge in [0.15, 0.2) is 12.4 Å². The molecule has 12 heteroatoms. The summed E-state index contributed by atoms with van der Waals surface area (Å²) in [5.41, 5.74) is 6.50. The highest BCUT2D eigenvalue weighted by atomic mass is 32.2. The number of thioether (sulfide) groups is 1. The van der Waals surface area contributed by atoms with E-state index in [0.29, 0.717) is 17.5 Å². The van der Waals surface area contributed by atoms with Crippen LogP contribution in [0.3, 0.4) is 0 Å². The Morgan fingerprint density at radius 1 is 0.920 bits per heavy atom. The Kier molecular flexibility index (Phi) is 11.3. The first-order valence-corrected chi connectivity index (χ1v) is 17.4. The van der Waals surface area contributed by atoms with Gasteiger partial charge in [0.25, 0.3) is 5.91 Å². The Morgan fingerprint density at radius 2 is 1.66 bits per heavy atom. The predicted octanol–water partition coefficient (Wildman–Crippen LogP) is 5.97. The van der Waals surface area contributed by atoms with Gasteiger partial charge in [0.1, 0.15) is 0 Å². The first-order chi connectivity index (χ1) is 24.3. The third kappa shape index (κ3) is 8.45. The molecule has 11 nitrogen and oxygen atoms in total. The van der Waals surface area contributed by atoms with Gasteiger partial charge in [-0.3, -0.25) is 9.59 Å². The molecule has 1 aromatic heterocycles. The molecule has 258 valence electrons. The lowest BCUT2D eigenvalue weighted by Gasteiger charge is -2.41. The van der Waals surface area contributed by atoms with Gasteiger partial charge in [-0.25, -0.2) is 0 Å². The number of aliphatic hydroxyl groups excluding tert-OH is 1. The second kappa shape index (κ2) is 16.2. The van der Waals surface area contributed by atoms with E-state index in [1.165, 1.54) is 18.7 Å². The van der Waals surface area contributed by atoms with Crippen LogP contribution in [0.5, 0.6) is 0 Å². The first kappa shape index (κ1) is 35.0. The fourth-order valence-electron chi connectivity index (χ4n) is 5.80. The lowest BCUT2D eigenvalue weighted by atomic mass is 9.91. The normalized spacial score (nSPS) is 19.4. The number of rotatable bonds is 12. The van der Waals surface area contributed by atoms with Gasteiger partial charge >= 0.3 is 5.97 Å². The van der Waals surface area contributed by atoms with Crippen molar-refractivity contribution in [2.75, 3.05) is 5.75 Å². The van der Waals surface area contributed by atoms with Crippen molar-refractivity contribution >= 4 is 23.6 Å². The van der Waals surface area contributed by atoms with Crippen LogP contribution in [0.25, 0.3) is 16.8 Å². The lowest BCUT2D eigenvalue weighted by molar-refractivity contribution is -0.268. The van der Waals surface area contributed by atoms with E-state index in [4.69, 9.17) is 14.2 Å². The summed E-state index contributed by atoms with van der Waals surface area (Å²) < 4.78 is 20.0. The first-order valence-electron chi connectivity index (χ1n) is 16.4. The van der Waals surface area contributed by atoms with Crippen LogP contribution in [-0.4, -0.2) is 55.2 Å².